The van der Waals surface area contributed by atoms with E-state index in [2.05, 4.69) is 34.3 Å². The van der Waals surface area contributed by atoms with E-state index in [1.54, 1.807) is 0 Å². The van der Waals surface area contributed by atoms with Crippen molar-refractivity contribution in [3.63, 3.8) is 0 Å². The molecule has 1 aliphatic carbocycles. The summed E-state index contributed by atoms with van der Waals surface area (Å²) in [6.45, 7) is 12.1. The van der Waals surface area contributed by atoms with Gasteiger partial charge in [0.25, 0.3) is 5.91 Å². The van der Waals surface area contributed by atoms with E-state index in [4.69, 9.17) is 9.97 Å². The second-order valence-corrected chi connectivity index (χ2v) is 12.4. The molecule has 0 radical (unpaired) electrons. The number of amides is 1. The molecule has 4 heterocycles. The summed E-state index contributed by atoms with van der Waals surface area (Å²) < 4.78 is 0. The Morgan fingerprint density at radius 1 is 0.972 bits per heavy atom. The summed E-state index contributed by atoms with van der Waals surface area (Å²) in [5.74, 6) is 2.59. The van der Waals surface area contributed by atoms with E-state index in [-0.39, 0.29) is 17.9 Å². The van der Waals surface area contributed by atoms with Crippen molar-refractivity contribution in [2.45, 2.75) is 65.3 Å². The molecule has 0 unspecified atom stereocenters. The van der Waals surface area contributed by atoms with Gasteiger partial charge in [0.15, 0.2) is 0 Å². The van der Waals surface area contributed by atoms with E-state index in [1.807, 2.05) is 44.2 Å². The molecule has 3 fully saturated rings. The minimum absolute atomic E-state index is 0.0192. The Kier molecular flexibility index (Phi) is 6.35. The number of pyridine rings is 2. The van der Waals surface area contributed by atoms with Crippen LogP contribution in [0.5, 0.6) is 0 Å². The molecule has 0 aromatic carbocycles. The number of aliphatic hydroxyl groups excluding tert-OH is 1. The van der Waals surface area contributed by atoms with Crippen LogP contribution in [0.25, 0.3) is 0 Å². The highest BCUT2D eigenvalue weighted by molar-refractivity contribution is 6.07. The van der Waals surface area contributed by atoms with Gasteiger partial charge in [-0.05, 0) is 81.0 Å². The zero-order chi connectivity index (χ0) is 25.6. The molecule has 5 rings (SSSR count). The maximum absolute atomic E-state index is 13.5. The first-order valence-electron chi connectivity index (χ1n) is 13.3. The number of nitrogens with one attached hydrogen (secondary N) is 2. The fourth-order valence-electron chi connectivity index (χ4n) is 5.35. The van der Waals surface area contributed by atoms with Crippen LogP contribution in [-0.4, -0.2) is 59.3 Å². The van der Waals surface area contributed by atoms with Crippen molar-refractivity contribution in [2.24, 2.45) is 10.8 Å². The SMILES string of the molecule is CC1(C)CCN(c2cccc(NC(=O)c3ccc(NC(C)(C)CO)nc3N3CCC4(CC3)CC4)n2)C1. The number of aliphatic hydroxyl groups is 1. The van der Waals surface area contributed by atoms with Crippen molar-refractivity contribution in [1.82, 2.24) is 9.97 Å². The van der Waals surface area contributed by atoms with Crippen molar-refractivity contribution in [3.05, 3.63) is 35.9 Å². The summed E-state index contributed by atoms with van der Waals surface area (Å²) in [7, 11) is 0. The molecule has 3 aliphatic rings. The Labute approximate surface area is 214 Å². The number of hydrogen-bond acceptors (Lipinski definition) is 7. The van der Waals surface area contributed by atoms with Crippen molar-refractivity contribution >= 4 is 29.2 Å². The topological polar surface area (TPSA) is 93.6 Å². The summed E-state index contributed by atoms with van der Waals surface area (Å²) in [6, 6.07) is 9.45. The third-order valence-corrected chi connectivity index (χ3v) is 8.04. The van der Waals surface area contributed by atoms with Gasteiger partial charge in [0.1, 0.15) is 23.3 Å². The monoisotopic (exact) mass is 492 g/mol. The van der Waals surface area contributed by atoms with E-state index in [9.17, 15) is 9.90 Å². The van der Waals surface area contributed by atoms with Gasteiger partial charge in [0.2, 0.25) is 0 Å². The number of piperidine rings is 1. The predicted molar refractivity (Wildman–Crippen MR) is 145 cm³/mol. The highest BCUT2D eigenvalue weighted by Gasteiger charge is 2.45. The molecule has 8 heteroatoms. The number of anilines is 4. The quantitative estimate of drug-likeness (QED) is 0.523. The van der Waals surface area contributed by atoms with Gasteiger partial charge in [0.05, 0.1) is 17.7 Å². The van der Waals surface area contributed by atoms with Gasteiger partial charge in [-0.15, -0.1) is 0 Å². The molecular weight excluding hydrogens is 452 g/mol. The number of hydrogen-bond donors (Lipinski definition) is 3. The molecule has 1 amide bonds. The zero-order valence-electron chi connectivity index (χ0n) is 22.1. The maximum atomic E-state index is 13.5. The summed E-state index contributed by atoms with van der Waals surface area (Å²) >= 11 is 0. The maximum Gasteiger partial charge on any atom is 0.260 e. The highest BCUT2D eigenvalue weighted by atomic mass is 16.3. The van der Waals surface area contributed by atoms with Crippen LogP contribution < -0.4 is 20.4 Å². The fourth-order valence-corrected chi connectivity index (χ4v) is 5.35. The van der Waals surface area contributed by atoms with E-state index < -0.39 is 5.54 Å². The van der Waals surface area contributed by atoms with Crippen LogP contribution in [0.1, 0.15) is 70.2 Å². The number of nitrogens with zero attached hydrogens (tertiary/aromatic N) is 4. The van der Waals surface area contributed by atoms with Crippen LogP contribution in [0.2, 0.25) is 0 Å². The van der Waals surface area contributed by atoms with Crippen LogP contribution in [0.15, 0.2) is 30.3 Å². The molecule has 36 heavy (non-hydrogen) atoms. The predicted octanol–water partition coefficient (Wildman–Crippen LogP) is 4.53. The van der Waals surface area contributed by atoms with Gasteiger partial charge >= 0.3 is 0 Å². The minimum Gasteiger partial charge on any atom is -0.394 e. The van der Waals surface area contributed by atoms with Crippen LogP contribution >= 0.6 is 0 Å². The van der Waals surface area contributed by atoms with E-state index in [0.717, 1.165) is 51.3 Å². The lowest BCUT2D eigenvalue weighted by molar-refractivity contribution is 0.102. The molecule has 2 aliphatic heterocycles. The van der Waals surface area contributed by atoms with E-state index in [0.29, 0.717) is 28.4 Å². The normalized spacial score (nSPS) is 20.5. The summed E-state index contributed by atoms with van der Waals surface area (Å²) in [5, 5.41) is 16.0. The van der Waals surface area contributed by atoms with E-state index in [1.165, 1.54) is 12.8 Å². The first kappa shape index (κ1) is 24.8. The van der Waals surface area contributed by atoms with Gasteiger partial charge in [-0.3, -0.25) is 4.79 Å². The first-order valence-corrected chi connectivity index (χ1v) is 13.3. The summed E-state index contributed by atoms with van der Waals surface area (Å²) in [6.07, 6.45) is 6.07. The van der Waals surface area contributed by atoms with Gasteiger partial charge < -0.3 is 25.5 Å². The Morgan fingerprint density at radius 3 is 2.33 bits per heavy atom. The largest absolute Gasteiger partial charge is 0.394 e. The average Bonchev–Trinajstić information content (AvgIpc) is 3.50. The molecule has 8 nitrogen and oxygen atoms in total. The van der Waals surface area contributed by atoms with Crippen molar-refractivity contribution in [2.75, 3.05) is 53.2 Å². The van der Waals surface area contributed by atoms with Crippen LogP contribution in [0.4, 0.5) is 23.3 Å². The Bertz CT molecular complexity index is 1120. The lowest BCUT2D eigenvalue weighted by atomic mass is 9.93. The van der Waals surface area contributed by atoms with Gasteiger partial charge in [-0.2, -0.15) is 0 Å². The number of carbonyl (C=O) groups excluding carboxylic acids is 1. The molecule has 2 saturated heterocycles. The molecule has 2 aromatic rings. The first-order chi connectivity index (χ1) is 17.1. The second kappa shape index (κ2) is 9.21. The van der Waals surface area contributed by atoms with Gasteiger partial charge in [0, 0.05) is 26.2 Å². The fraction of sp³-hybridized carbons (Fsp3) is 0.607. The Hall–Kier alpha value is -2.87. The van der Waals surface area contributed by atoms with E-state index >= 15 is 0 Å². The third kappa shape index (κ3) is 5.43. The summed E-state index contributed by atoms with van der Waals surface area (Å²) in [4.78, 5) is 27.7. The van der Waals surface area contributed by atoms with Crippen molar-refractivity contribution < 1.29 is 9.90 Å². The lowest BCUT2D eigenvalue weighted by Gasteiger charge is -2.34. The minimum atomic E-state index is -0.511. The molecular formula is C28H40N6O2. The van der Waals surface area contributed by atoms with Gasteiger partial charge in [-0.25, -0.2) is 9.97 Å². The lowest BCUT2D eigenvalue weighted by Crippen LogP contribution is -2.38. The number of carbonyl (C=O) groups is 1. The molecule has 1 saturated carbocycles. The van der Waals surface area contributed by atoms with Crippen molar-refractivity contribution in [3.8, 4) is 0 Å². The van der Waals surface area contributed by atoms with Gasteiger partial charge in [-0.1, -0.05) is 19.9 Å². The zero-order valence-corrected chi connectivity index (χ0v) is 22.1. The Morgan fingerprint density at radius 2 is 1.69 bits per heavy atom. The van der Waals surface area contributed by atoms with Crippen LogP contribution in [0, 0.1) is 10.8 Å². The smallest absolute Gasteiger partial charge is 0.260 e. The number of rotatable bonds is 7. The molecule has 0 bridgehead atoms. The number of aromatic nitrogens is 2. The highest BCUT2D eigenvalue weighted by Crippen LogP contribution is 2.54. The summed E-state index contributed by atoms with van der Waals surface area (Å²) in [5.41, 5.74) is 0.837. The third-order valence-electron chi connectivity index (χ3n) is 8.04. The standard InChI is InChI=1S/C28H40N6O2/c1-26(2)12-15-34(18-26)23-7-5-6-21(29-23)31-25(36)20-8-9-22(32-27(3,4)19-35)30-24(20)33-16-13-28(10-11-28)14-17-33/h5-9,35H,10-19H2,1-4H3,(H,30,32)(H,29,31,36). The molecule has 194 valence electrons. The van der Waals surface area contributed by atoms with Crippen molar-refractivity contribution in [1.29, 1.82) is 0 Å². The van der Waals surface area contributed by atoms with Crippen LogP contribution in [-0.2, 0) is 0 Å². The average molecular weight is 493 g/mol. The second-order valence-electron chi connectivity index (χ2n) is 12.4. The molecule has 0 atom stereocenters. The molecule has 2 aromatic heterocycles. The Balaban J connectivity index is 1.37. The van der Waals surface area contributed by atoms with Crippen LogP contribution in [0.3, 0.4) is 0 Å². The molecule has 3 N–H and O–H groups in total. The molecule has 1 spiro atoms.